The summed E-state index contributed by atoms with van der Waals surface area (Å²) in [5.41, 5.74) is 2.46. The lowest BCUT2D eigenvalue weighted by Crippen LogP contribution is -2.46. The third-order valence-corrected chi connectivity index (χ3v) is 7.90. The monoisotopic (exact) mass is 491 g/mol. The van der Waals surface area contributed by atoms with Gasteiger partial charge >= 0.3 is 6.09 Å². The Bertz CT molecular complexity index is 918. The number of likely N-dealkylation sites (tertiary alicyclic amines) is 2. The van der Waals surface area contributed by atoms with Crippen molar-refractivity contribution in [3.8, 4) is 11.1 Å². The molecule has 0 bridgehead atoms. The van der Waals surface area contributed by atoms with Gasteiger partial charge in [0, 0.05) is 18.7 Å². The maximum absolute atomic E-state index is 12.8. The highest BCUT2D eigenvalue weighted by atomic mass is 16.6. The van der Waals surface area contributed by atoms with Crippen molar-refractivity contribution >= 4 is 11.8 Å². The highest BCUT2D eigenvalue weighted by Gasteiger charge is 2.33. The molecule has 5 heteroatoms. The van der Waals surface area contributed by atoms with E-state index in [2.05, 4.69) is 34.2 Å². The fourth-order valence-electron chi connectivity index (χ4n) is 5.56. The number of benzene rings is 2. The molecule has 2 fully saturated rings. The highest BCUT2D eigenvalue weighted by Crippen LogP contribution is 2.30. The maximum atomic E-state index is 12.8. The van der Waals surface area contributed by atoms with E-state index in [1.807, 2.05) is 42.5 Å². The molecule has 0 aliphatic carbocycles. The predicted molar refractivity (Wildman–Crippen MR) is 149 cm³/mol. The van der Waals surface area contributed by atoms with Gasteiger partial charge in [0.25, 0.3) is 0 Å². The van der Waals surface area contributed by atoms with E-state index in [1.165, 1.54) is 77.5 Å². The fourth-order valence-corrected chi connectivity index (χ4v) is 5.56. The van der Waals surface area contributed by atoms with E-state index in [1.54, 1.807) is 0 Å². The molecule has 2 saturated heterocycles. The molecule has 1 N–H and O–H groups in total. The van der Waals surface area contributed by atoms with Crippen LogP contribution in [0, 0.1) is 0 Å². The molecule has 2 aromatic carbocycles. The van der Waals surface area contributed by atoms with Crippen molar-refractivity contribution in [3.63, 3.8) is 0 Å². The van der Waals surface area contributed by atoms with Crippen LogP contribution in [0.15, 0.2) is 54.6 Å². The summed E-state index contributed by atoms with van der Waals surface area (Å²) in [5.74, 6) is 0. The van der Waals surface area contributed by atoms with Crippen LogP contribution in [-0.2, 0) is 4.74 Å². The molecule has 196 valence electrons. The van der Waals surface area contributed by atoms with Crippen LogP contribution in [0.3, 0.4) is 0 Å². The Hall–Kier alpha value is -2.37. The third-order valence-electron chi connectivity index (χ3n) is 7.90. The molecule has 0 saturated carbocycles. The Balaban J connectivity index is 1.11. The van der Waals surface area contributed by atoms with Gasteiger partial charge in [-0.3, -0.25) is 5.32 Å². The summed E-state index contributed by atoms with van der Waals surface area (Å²) in [6.45, 7) is 9.21. The lowest BCUT2D eigenvalue weighted by molar-refractivity contribution is -0.0163. The molecule has 0 unspecified atom stereocenters. The van der Waals surface area contributed by atoms with Crippen LogP contribution in [-0.4, -0.2) is 60.8 Å². The number of nitrogens with one attached hydrogen (secondary N) is 1. The van der Waals surface area contributed by atoms with Gasteiger partial charge in [0.05, 0.1) is 5.69 Å². The third kappa shape index (κ3) is 8.35. The second kappa shape index (κ2) is 13.8. The molecule has 0 radical (unpaired) electrons. The first kappa shape index (κ1) is 26.7. The molecule has 2 aromatic rings. The minimum Gasteiger partial charge on any atom is -0.443 e. The van der Waals surface area contributed by atoms with Crippen molar-refractivity contribution < 1.29 is 9.53 Å². The molecule has 2 aliphatic rings. The van der Waals surface area contributed by atoms with Crippen molar-refractivity contribution in [1.29, 1.82) is 0 Å². The SMILES string of the molecule is CC1(OC(=O)Nc2ccccc2-c2ccccc2)CCN(CCCCCCCCN2CCCC2)CC1. The summed E-state index contributed by atoms with van der Waals surface area (Å²) in [5, 5.41) is 2.99. The van der Waals surface area contributed by atoms with E-state index in [9.17, 15) is 4.79 Å². The highest BCUT2D eigenvalue weighted by molar-refractivity contribution is 5.91. The number of unbranched alkanes of at least 4 members (excludes halogenated alkanes) is 5. The summed E-state index contributed by atoms with van der Waals surface area (Å²) >= 11 is 0. The van der Waals surface area contributed by atoms with E-state index in [-0.39, 0.29) is 6.09 Å². The quantitative estimate of drug-likeness (QED) is 0.319. The number of piperidine rings is 1. The first-order chi connectivity index (χ1) is 17.6. The Morgan fingerprint density at radius 2 is 1.33 bits per heavy atom. The number of anilines is 1. The number of ether oxygens (including phenoxy) is 1. The maximum Gasteiger partial charge on any atom is 0.412 e. The zero-order valence-electron chi connectivity index (χ0n) is 22.2. The van der Waals surface area contributed by atoms with Crippen LogP contribution in [0.4, 0.5) is 10.5 Å². The summed E-state index contributed by atoms with van der Waals surface area (Å²) in [6.07, 6.45) is 12.3. The number of carbonyl (C=O) groups excluding carboxylic acids is 1. The van der Waals surface area contributed by atoms with Gasteiger partial charge in [0.2, 0.25) is 0 Å². The van der Waals surface area contributed by atoms with E-state index in [0.29, 0.717) is 0 Å². The van der Waals surface area contributed by atoms with Crippen molar-refractivity contribution in [2.45, 2.75) is 76.7 Å². The number of nitrogens with zero attached hydrogens (tertiary/aromatic N) is 2. The molecule has 0 atom stereocenters. The smallest absolute Gasteiger partial charge is 0.412 e. The molecule has 4 rings (SSSR count). The van der Waals surface area contributed by atoms with Crippen LogP contribution in [0.5, 0.6) is 0 Å². The summed E-state index contributed by atoms with van der Waals surface area (Å²) in [7, 11) is 0. The first-order valence-corrected chi connectivity index (χ1v) is 14.2. The van der Waals surface area contributed by atoms with Crippen molar-refractivity contribution in [2.24, 2.45) is 0 Å². The summed E-state index contributed by atoms with van der Waals surface area (Å²) in [6, 6.07) is 18.0. The number of amides is 1. The van der Waals surface area contributed by atoms with Crippen LogP contribution >= 0.6 is 0 Å². The number of hydrogen-bond acceptors (Lipinski definition) is 4. The van der Waals surface area contributed by atoms with E-state index >= 15 is 0 Å². The molecule has 2 aliphatic heterocycles. The molecule has 0 spiro atoms. The van der Waals surface area contributed by atoms with Gasteiger partial charge in [-0.25, -0.2) is 4.79 Å². The van der Waals surface area contributed by atoms with Crippen LogP contribution < -0.4 is 5.32 Å². The van der Waals surface area contributed by atoms with Gasteiger partial charge in [0.15, 0.2) is 0 Å². The fraction of sp³-hybridized carbons (Fsp3) is 0.581. The van der Waals surface area contributed by atoms with Crippen LogP contribution in [0.25, 0.3) is 11.1 Å². The van der Waals surface area contributed by atoms with Gasteiger partial charge in [-0.05, 0) is 83.3 Å². The number of para-hydroxylation sites is 1. The normalized spacial score (nSPS) is 18.2. The van der Waals surface area contributed by atoms with Gasteiger partial charge in [0.1, 0.15) is 5.60 Å². The van der Waals surface area contributed by atoms with E-state index in [4.69, 9.17) is 4.74 Å². The van der Waals surface area contributed by atoms with Crippen molar-refractivity contribution in [1.82, 2.24) is 9.80 Å². The van der Waals surface area contributed by atoms with Gasteiger partial charge < -0.3 is 14.5 Å². The number of carbonyl (C=O) groups is 1. The van der Waals surface area contributed by atoms with E-state index in [0.717, 1.165) is 42.7 Å². The average Bonchev–Trinajstić information content (AvgIpc) is 3.41. The Kier molecular flexibility index (Phi) is 10.2. The lowest BCUT2D eigenvalue weighted by Gasteiger charge is -2.38. The largest absolute Gasteiger partial charge is 0.443 e. The number of hydrogen-bond donors (Lipinski definition) is 1. The summed E-state index contributed by atoms with van der Waals surface area (Å²) in [4.78, 5) is 18.0. The second-order valence-corrected chi connectivity index (χ2v) is 10.9. The zero-order chi connectivity index (χ0) is 25.1. The minimum absolute atomic E-state index is 0.362. The predicted octanol–water partition coefficient (Wildman–Crippen LogP) is 7.19. The first-order valence-electron chi connectivity index (χ1n) is 14.2. The Morgan fingerprint density at radius 1 is 0.778 bits per heavy atom. The second-order valence-electron chi connectivity index (χ2n) is 10.9. The molecule has 2 heterocycles. The van der Waals surface area contributed by atoms with Crippen LogP contribution in [0.1, 0.15) is 71.1 Å². The molecule has 5 nitrogen and oxygen atoms in total. The van der Waals surface area contributed by atoms with Gasteiger partial charge in [-0.2, -0.15) is 0 Å². The molecule has 0 aromatic heterocycles. The topological polar surface area (TPSA) is 44.8 Å². The zero-order valence-corrected chi connectivity index (χ0v) is 22.2. The Labute approximate surface area is 218 Å². The Morgan fingerprint density at radius 3 is 2.00 bits per heavy atom. The average molecular weight is 492 g/mol. The van der Waals surface area contributed by atoms with Crippen molar-refractivity contribution in [2.75, 3.05) is 44.6 Å². The standard InChI is InChI=1S/C31H45N3O2/c1-31(36-30(35)32-29-18-10-9-17-28(29)27-15-7-6-8-16-27)19-25-34(26-20-31)22-12-5-3-2-4-11-21-33-23-13-14-24-33/h6-10,15-18H,2-5,11-14,19-26H2,1H3,(H,32,35). The van der Waals surface area contributed by atoms with Crippen molar-refractivity contribution in [3.05, 3.63) is 54.6 Å². The van der Waals surface area contributed by atoms with Gasteiger partial charge in [-0.1, -0.05) is 74.2 Å². The molecule has 36 heavy (non-hydrogen) atoms. The van der Waals surface area contributed by atoms with Crippen LogP contribution in [0.2, 0.25) is 0 Å². The molecular weight excluding hydrogens is 446 g/mol. The van der Waals surface area contributed by atoms with E-state index < -0.39 is 5.60 Å². The lowest BCUT2D eigenvalue weighted by atomic mass is 9.93. The minimum atomic E-state index is -0.405. The summed E-state index contributed by atoms with van der Waals surface area (Å²) < 4.78 is 5.96. The molecule has 1 amide bonds. The van der Waals surface area contributed by atoms with Gasteiger partial charge in [-0.15, -0.1) is 0 Å². The molecular formula is C31H45N3O2. The number of rotatable bonds is 12.